The number of aliphatic hydroxyl groups excluding tert-OH is 1. The maximum atomic E-state index is 10.4. The number of hydrogen-bond acceptors (Lipinski definition) is 3. The molecule has 0 heterocycles. The summed E-state index contributed by atoms with van der Waals surface area (Å²) >= 11 is 0. The number of carbonyl (C=O) groups is 1. The van der Waals surface area contributed by atoms with Gasteiger partial charge in [0, 0.05) is 13.1 Å². The fourth-order valence-corrected chi connectivity index (χ4v) is 1.07. The molecule has 0 aliphatic carbocycles. The van der Waals surface area contributed by atoms with Crippen LogP contribution < -0.4 is 0 Å². The molecule has 0 amide bonds. The zero-order chi connectivity index (χ0) is 9.72. The van der Waals surface area contributed by atoms with Crippen molar-refractivity contribution in [1.82, 2.24) is 4.90 Å². The first-order chi connectivity index (χ1) is 5.43. The van der Waals surface area contributed by atoms with Crippen LogP contribution in [0.25, 0.3) is 0 Å². The number of carboxylic acids is 1. The molecule has 0 spiro atoms. The average Bonchev–Trinajstić information content (AvgIpc) is 1.84. The maximum absolute atomic E-state index is 10.4. The third-order valence-electron chi connectivity index (χ3n) is 1.58. The number of rotatable bonds is 5. The lowest BCUT2D eigenvalue weighted by atomic mass is 10.2. The summed E-state index contributed by atoms with van der Waals surface area (Å²) in [5.74, 6) is -1.18. The Kier molecular flexibility index (Phi) is 4.85. The van der Waals surface area contributed by atoms with E-state index in [0.29, 0.717) is 13.1 Å². The molecule has 0 radical (unpaired) electrons. The first kappa shape index (κ1) is 11.4. The van der Waals surface area contributed by atoms with Gasteiger partial charge in [-0.25, -0.2) is 0 Å². The van der Waals surface area contributed by atoms with Crippen LogP contribution in [-0.2, 0) is 4.79 Å². The second kappa shape index (κ2) is 5.11. The molecule has 0 aromatic heterocycles. The van der Waals surface area contributed by atoms with Crippen molar-refractivity contribution in [3.8, 4) is 0 Å². The molecule has 2 N–H and O–H groups in total. The van der Waals surface area contributed by atoms with Gasteiger partial charge in [-0.15, -0.1) is 0 Å². The lowest BCUT2D eigenvalue weighted by Gasteiger charge is -2.20. The Balaban J connectivity index is 3.68. The van der Waals surface area contributed by atoms with Gasteiger partial charge < -0.3 is 15.1 Å². The molecule has 72 valence electrons. The SMILES string of the molecule is CC(O)CN(C)CC(C)C(=O)O. The van der Waals surface area contributed by atoms with Crippen molar-refractivity contribution >= 4 is 5.97 Å². The predicted octanol–water partition coefficient (Wildman–Crippen LogP) is 0.0197. The van der Waals surface area contributed by atoms with Gasteiger partial charge in [0.05, 0.1) is 12.0 Å². The highest BCUT2D eigenvalue weighted by atomic mass is 16.4. The molecule has 0 aromatic rings. The molecule has 0 aromatic carbocycles. The summed E-state index contributed by atoms with van der Waals surface area (Å²) in [7, 11) is 1.80. The van der Waals surface area contributed by atoms with Gasteiger partial charge in [-0.05, 0) is 14.0 Å². The van der Waals surface area contributed by atoms with E-state index in [9.17, 15) is 4.79 Å². The van der Waals surface area contributed by atoms with Gasteiger partial charge in [-0.3, -0.25) is 4.79 Å². The van der Waals surface area contributed by atoms with E-state index >= 15 is 0 Å². The lowest BCUT2D eigenvalue weighted by Crippen LogP contribution is -2.33. The quantitative estimate of drug-likeness (QED) is 0.618. The van der Waals surface area contributed by atoms with Gasteiger partial charge in [0.15, 0.2) is 0 Å². The van der Waals surface area contributed by atoms with Crippen molar-refractivity contribution in [3.63, 3.8) is 0 Å². The Morgan fingerprint density at radius 2 is 1.92 bits per heavy atom. The number of hydrogen-bond donors (Lipinski definition) is 2. The largest absolute Gasteiger partial charge is 0.481 e. The molecule has 2 unspecified atom stereocenters. The average molecular weight is 175 g/mol. The molecule has 4 nitrogen and oxygen atoms in total. The third kappa shape index (κ3) is 5.09. The minimum atomic E-state index is -0.799. The summed E-state index contributed by atoms with van der Waals surface area (Å²) < 4.78 is 0. The monoisotopic (exact) mass is 175 g/mol. The van der Waals surface area contributed by atoms with E-state index in [0.717, 1.165) is 0 Å². The first-order valence-corrected chi connectivity index (χ1v) is 4.03. The second-order valence-corrected chi connectivity index (χ2v) is 3.31. The van der Waals surface area contributed by atoms with Crippen molar-refractivity contribution in [3.05, 3.63) is 0 Å². The van der Waals surface area contributed by atoms with Crippen LogP contribution in [0.3, 0.4) is 0 Å². The number of carboxylic acid groups (broad SMARTS) is 1. The Morgan fingerprint density at radius 1 is 1.42 bits per heavy atom. The zero-order valence-electron chi connectivity index (χ0n) is 7.82. The molecule has 12 heavy (non-hydrogen) atoms. The molecule has 0 rings (SSSR count). The van der Waals surface area contributed by atoms with Crippen molar-refractivity contribution in [2.75, 3.05) is 20.1 Å². The molecule has 2 atom stereocenters. The maximum Gasteiger partial charge on any atom is 0.307 e. The second-order valence-electron chi connectivity index (χ2n) is 3.31. The Labute approximate surface area is 72.8 Å². The van der Waals surface area contributed by atoms with E-state index in [-0.39, 0.29) is 5.92 Å². The Hall–Kier alpha value is -0.610. The zero-order valence-corrected chi connectivity index (χ0v) is 7.82. The molecule has 0 saturated heterocycles. The molecule has 0 saturated carbocycles. The molecule has 0 bridgehead atoms. The van der Waals surface area contributed by atoms with Crippen molar-refractivity contribution in [2.24, 2.45) is 5.92 Å². The molecule has 0 fully saturated rings. The number of aliphatic hydroxyl groups is 1. The Morgan fingerprint density at radius 3 is 2.25 bits per heavy atom. The first-order valence-electron chi connectivity index (χ1n) is 4.03. The summed E-state index contributed by atoms with van der Waals surface area (Å²) in [6.45, 7) is 4.32. The van der Waals surface area contributed by atoms with Crippen LogP contribution in [0.4, 0.5) is 0 Å². The molecule has 0 aliphatic rings. The summed E-state index contributed by atoms with van der Waals surface area (Å²) in [5.41, 5.74) is 0. The van der Waals surface area contributed by atoms with Crippen LogP contribution in [0.2, 0.25) is 0 Å². The predicted molar refractivity (Wildman–Crippen MR) is 46.0 cm³/mol. The summed E-state index contributed by atoms with van der Waals surface area (Å²) in [5, 5.41) is 17.6. The van der Waals surface area contributed by atoms with Crippen molar-refractivity contribution in [2.45, 2.75) is 20.0 Å². The topological polar surface area (TPSA) is 60.8 Å². The van der Waals surface area contributed by atoms with E-state index < -0.39 is 12.1 Å². The summed E-state index contributed by atoms with van der Waals surface area (Å²) in [6, 6.07) is 0. The van der Waals surface area contributed by atoms with Gasteiger partial charge in [0.2, 0.25) is 0 Å². The van der Waals surface area contributed by atoms with Crippen LogP contribution in [0.15, 0.2) is 0 Å². The minimum absolute atomic E-state index is 0.381. The van der Waals surface area contributed by atoms with E-state index in [1.54, 1.807) is 20.9 Å². The third-order valence-corrected chi connectivity index (χ3v) is 1.58. The van der Waals surface area contributed by atoms with Crippen LogP contribution >= 0.6 is 0 Å². The van der Waals surface area contributed by atoms with Gasteiger partial charge in [-0.1, -0.05) is 6.92 Å². The summed E-state index contributed by atoms with van der Waals surface area (Å²) in [4.78, 5) is 12.2. The standard InChI is InChI=1S/C8H17NO3/c1-6(8(11)12)4-9(3)5-7(2)10/h6-7,10H,4-5H2,1-3H3,(H,11,12). The van der Waals surface area contributed by atoms with Gasteiger partial charge in [0.1, 0.15) is 0 Å². The van der Waals surface area contributed by atoms with Crippen molar-refractivity contribution in [1.29, 1.82) is 0 Å². The highest BCUT2D eigenvalue weighted by Crippen LogP contribution is 1.98. The van der Waals surface area contributed by atoms with E-state index in [1.807, 2.05) is 4.90 Å². The lowest BCUT2D eigenvalue weighted by molar-refractivity contribution is -0.141. The van der Waals surface area contributed by atoms with E-state index in [1.165, 1.54) is 0 Å². The number of nitrogens with zero attached hydrogens (tertiary/aromatic N) is 1. The fourth-order valence-electron chi connectivity index (χ4n) is 1.07. The van der Waals surface area contributed by atoms with Crippen LogP contribution in [0, 0.1) is 5.92 Å². The van der Waals surface area contributed by atoms with Gasteiger partial charge in [-0.2, -0.15) is 0 Å². The molecule has 0 aliphatic heterocycles. The highest BCUT2D eigenvalue weighted by molar-refractivity contribution is 5.69. The smallest absolute Gasteiger partial charge is 0.307 e. The van der Waals surface area contributed by atoms with Gasteiger partial charge >= 0.3 is 5.97 Å². The van der Waals surface area contributed by atoms with E-state index in [2.05, 4.69) is 0 Å². The molecule has 4 heteroatoms. The number of likely N-dealkylation sites (N-methyl/N-ethyl adjacent to an activating group) is 1. The highest BCUT2D eigenvalue weighted by Gasteiger charge is 2.13. The summed E-state index contributed by atoms with van der Waals surface area (Å²) in [6.07, 6.45) is -0.406. The Bertz CT molecular complexity index is 147. The fraction of sp³-hybridized carbons (Fsp3) is 0.875. The van der Waals surface area contributed by atoms with Crippen LogP contribution in [-0.4, -0.2) is 47.3 Å². The van der Waals surface area contributed by atoms with Crippen LogP contribution in [0.5, 0.6) is 0 Å². The normalized spacial score (nSPS) is 16.1. The van der Waals surface area contributed by atoms with Crippen LogP contribution in [0.1, 0.15) is 13.8 Å². The van der Waals surface area contributed by atoms with Crippen molar-refractivity contribution < 1.29 is 15.0 Å². The number of aliphatic carboxylic acids is 1. The molecular formula is C8H17NO3. The van der Waals surface area contributed by atoms with E-state index in [4.69, 9.17) is 10.2 Å². The minimum Gasteiger partial charge on any atom is -0.481 e. The molecular weight excluding hydrogens is 158 g/mol. The van der Waals surface area contributed by atoms with Gasteiger partial charge in [0.25, 0.3) is 0 Å².